The Morgan fingerprint density at radius 1 is 1.17 bits per heavy atom. The summed E-state index contributed by atoms with van der Waals surface area (Å²) < 4.78 is 0. The van der Waals surface area contributed by atoms with Gasteiger partial charge in [0.1, 0.15) is 5.82 Å². The van der Waals surface area contributed by atoms with E-state index in [0.29, 0.717) is 17.9 Å². The third-order valence-corrected chi connectivity index (χ3v) is 4.58. The van der Waals surface area contributed by atoms with E-state index < -0.39 is 0 Å². The molecule has 0 unspecified atom stereocenters. The lowest BCUT2D eigenvalue weighted by molar-refractivity contribution is 0.263. The molecule has 7 nitrogen and oxygen atoms in total. The molecule has 0 atom stereocenters. The van der Waals surface area contributed by atoms with E-state index in [1.165, 1.54) is 18.5 Å². The maximum Gasteiger partial charge on any atom is 0.224 e. The van der Waals surface area contributed by atoms with Gasteiger partial charge in [-0.2, -0.15) is 10.1 Å². The number of hydrogen-bond donors (Lipinski definition) is 3. The minimum atomic E-state index is 0.452. The molecule has 7 heteroatoms. The van der Waals surface area contributed by atoms with E-state index in [1.54, 1.807) is 6.20 Å². The number of aromatic nitrogens is 4. The van der Waals surface area contributed by atoms with Gasteiger partial charge in [-0.3, -0.25) is 5.10 Å². The third kappa shape index (κ3) is 3.61. The van der Waals surface area contributed by atoms with Crippen LogP contribution >= 0.6 is 0 Å². The first kappa shape index (κ1) is 14.4. The Bertz CT molecular complexity index is 656. The Morgan fingerprint density at radius 2 is 2.00 bits per heavy atom. The van der Waals surface area contributed by atoms with E-state index in [9.17, 15) is 0 Å². The van der Waals surface area contributed by atoms with Gasteiger partial charge in [0.2, 0.25) is 5.95 Å². The normalized spacial score (nSPS) is 19.7. The van der Waals surface area contributed by atoms with E-state index in [2.05, 4.69) is 48.8 Å². The molecule has 1 saturated heterocycles. The highest BCUT2D eigenvalue weighted by molar-refractivity contribution is 5.53. The molecule has 3 N–H and O–H groups in total. The molecule has 2 aliphatic rings. The van der Waals surface area contributed by atoms with Crippen molar-refractivity contribution in [2.75, 3.05) is 30.8 Å². The summed E-state index contributed by atoms with van der Waals surface area (Å²) in [5, 5.41) is 14.1. The van der Waals surface area contributed by atoms with Crippen LogP contribution in [0.4, 0.5) is 17.6 Å². The topological polar surface area (TPSA) is 81.8 Å². The van der Waals surface area contributed by atoms with Gasteiger partial charge in [-0.05, 0) is 51.9 Å². The molecule has 3 heterocycles. The van der Waals surface area contributed by atoms with Crippen LogP contribution in [0.2, 0.25) is 0 Å². The quantitative estimate of drug-likeness (QED) is 0.786. The summed E-state index contributed by atoms with van der Waals surface area (Å²) >= 11 is 0. The maximum atomic E-state index is 4.55. The van der Waals surface area contributed by atoms with Crippen LogP contribution in [0.15, 0.2) is 18.3 Å². The summed E-state index contributed by atoms with van der Waals surface area (Å²) in [6, 6.07) is 4.39. The highest BCUT2D eigenvalue weighted by Crippen LogP contribution is 2.39. The van der Waals surface area contributed by atoms with Crippen LogP contribution in [-0.4, -0.2) is 51.2 Å². The van der Waals surface area contributed by atoms with Crippen molar-refractivity contribution in [3.05, 3.63) is 24.0 Å². The van der Waals surface area contributed by atoms with Gasteiger partial charge in [0.05, 0.1) is 0 Å². The van der Waals surface area contributed by atoms with E-state index in [-0.39, 0.29) is 0 Å². The predicted octanol–water partition coefficient (Wildman–Crippen LogP) is 2.33. The van der Waals surface area contributed by atoms with Crippen molar-refractivity contribution in [1.82, 2.24) is 25.1 Å². The van der Waals surface area contributed by atoms with Crippen LogP contribution < -0.4 is 10.6 Å². The van der Waals surface area contributed by atoms with Crippen molar-refractivity contribution < 1.29 is 0 Å². The smallest absolute Gasteiger partial charge is 0.224 e. The monoisotopic (exact) mass is 313 g/mol. The van der Waals surface area contributed by atoms with Gasteiger partial charge in [0.15, 0.2) is 5.82 Å². The number of rotatable bonds is 5. The zero-order valence-corrected chi connectivity index (χ0v) is 13.4. The summed E-state index contributed by atoms with van der Waals surface area (Å²) in [7, 11) is 2.16. The van der Waals surface area contributed by atoms with Crippen LogP contribution in [0.1, 0.15) is 37.3 Å². The third-order valence-electron chi connectivity index (χ3n) is 4.58. The molecule has 122 valence electrons. The van der Waals surface area contributed by atoms with E-state index >= 15 is 0 Å². The fourth-order valence-corrected chi connectivity index (χ4v) is 2.97. The van der Waals surface area contributed by atoms with Crippen molar-refractivity contribution in [3.63, 3.8) is 0 Å². The van der Waals surface area contributed by atoms with E-state index in [1.807, 2.05) is 6.07 Å². The van der Waals surface area contributed by atoms with Crippen LogP contribution in [0, 0.1) is 0 Å². The SMILES string of the molecule is CN1CCC(Nc2nccc(Nc3cc(C4CC4)[nH]n3)n2)CC1. The van der Waals surface area contributed by atoms with Gasteiger partial charge >= 0.3 is 0 Å². The van der Waals surface area contributed by atoms with Gasteiger partial charge in [-0.15, -0.1) is 0 Å². The molecule has 1 aliphatic carbocycles. The first-order valence-electron chi connectivity index (χ1n) is 8.37. The standard InChI is InChI=1S/C16H23N7/c1-23-8-5-12(6-9-23)18-16-17-7-4-14(20-16)19-15-10-13(21-22-15)11-2-3-11/h4,7,10-12H,2-3,5-6,8-9H2,1H3,(H3,17,18,19,20,21,22). The summed E-state index contributed by atoms with van der Waals surface area (Å²) in [6.45, 7) is 2.24. The largest absolute Gasteiger partial charge is 0.351 e. The molecule has 2 aromatic heterocycles. The fourth-order valence-electron chi connectivity index (χ4n) is 2.97. The maximum absolute atomic E-state index is 4.55. The number of piperidine rings is 1. The molecule has 0 spiro atoms. The Morgan fingerprint density at radius 3 is 2.78 bits per heavy atom. The number of hydrogen-bond acceptors (Lipinski definition) is 6. The summed E-state index contributed by atoms with van der Waals surface area (Å²) in [6.07, 6.45) is 6.56. The summed E-state index contributed by atoms with van der Waals surface area (Å²) in [4.78, 5) is 11.2. The minimum absolute atomic E-state index is 0.452. The lowest BCUT2D eigenvalue weighted by Crippen LogP contribution is -2.37. The molecule has 0 bridgehead atoms. The van der Waals surface area contributed by atoms with Crippen molar-refractivity contribution in [1.29, 1.82) is 0 Å². The van der Waals surface area contributed by atoms with Crippen molar-refractivity contribution in [2.45, 2.75) is 37.6 Å². The number of anilines is 3. The van der Waals surface area contributed by atoms with Crippen molar-refractivity contribution in [2.24, 2.45) is 0 Å². The number of nitrogens with one attached hydrogen (secondary N) is 3. The Kier molecular flexibility index (Phi) is 3.87. The highest BCUT2D eigenvalue weighted by atomic mass is 15.2. The molecule has 2 aromatic rings. The lowest BCUT2D eigenvalue weighted by atomic mass is 10.1. The van der Waals surface area contributed by atoms with Gasteiger partial charge < -0.3 is 15.5 Å². The second kappa shape index (κ2) is 6.16. The van der Waals surface area contributed by atoms with Crippen LogP contribution in [0.3, 0.4) is 0 Å². The average Bonchev–Trinajstić information content (AvgIpc) is 3.30. The van der Waals surface area contributed by atoms with Crippen molar-refractivity contribution in [3.8, 4) is 0 Å². The fraction of sp³-hybridized carbons (Fsp3) is 0.562. The molecule has 0 aromatic carbocycles. The molecule has 23 heavy (non-hydrogen) atoms. The van der Waals surface area contributed by atoms with E-state index in [0.717, 1.165) is 37.6 Å². The number of likely N-dealkylation sites (tertiary alicyclic amines) is 1. The number of nitrogens with zero attached hydrogens (tertiary/aromatic N) is 4. The molecule has 1 saturated carbocycles. The molecule has 0 radical (unpaired) electrons. The van der Waals surface area contributed by atoms with Crippen LogP contribution in [0.25, 0.3) is 0 Å². The molecule has 2 fully saturated rings. The van der Waals surface area contributed by atoms with Crippen molar-refractivity contribution >= 4 is 17.6 Å². The van der Waals surface area contributed by atoms with Gasteiger partial charge in [-0.25, -0.2) is 4.98 Å². The molecular weight excluding hydrogens is 290 g/mol. The zero-order chi connectivity index (χ0) is 15.6. The predicted molar refractivity (Wildman–Crippen MR) is 90.0 cm³/mol. The minimum Gasteiger partial charge on any atom is -0.351 e. The highest BCUT2D eigenvalue weighted by Gasteiger charge is 2.25. The van der Waals surface area contributed by atoms with Crippen LogP contribution in [-0.2, 0) is 0 Å². The Balaban J connectivity index is 1.39. The second-order valence-corrected chi connectivity index (χ2v) is 6.60. The summed E-state index contributed by atoms with van der Waals surface area (Å²) in [5.41, 5.74) is 1.21. The molecule has 0 amide bonds. The number of aromatic amines is 1. The summed E-state index contributed by atoms with van der Waals surface area (Å²) in [5.74, 6) is 2.94. The van der Waals surface area contributed by atoms with Crippen LogP contribution in [0.5, 0.6) is 0 Å². The van der Waals surface area contributed by atoms with Gasteiger partial charge in [-0.1, -0.05) is 0 Å². The number of H-pyrrole nitrogens is 1. The van der Waals surface area contributed by atoms with E-state index in [4.69, 9.17) is 0 Å². The molecular formula is C16H23N7. The van der Waals surface area contributed by atoms with Gasteiger partial charge in [0.25, 0.3) is 0 Å². The lowest BCUT2D eigenvalue weighted by Gasteiger charge is -2.29. The first-order valence-corrected chi connectivity index (χ1v) is 8.37. The zero-order valence-electron chi connectivity index (χ0n) is 13.4. The van der Waals surface area contributed by atoms with Gasteiger partial charge in [0, 0.05) is 29.9 Å². The Hall–Kier alpha value is -2.15. The first-order chi connectivity index (χ1) is 11.3. The Labute approximate surface area is 135 Å². The molecule has 4 rings (SSSR count). The second-order valence-electron chi connectivity index (χ2n) is 6.60. The molecule has 1 aliphatic heterocycles. The average molecular weight is 313 g/mol.